The molecule has 0 radical (unpaired) electrons. The third-order valence-electron chi connectivity index (χ3n) is 3.70. The lowest BCUT2D eigenvalue weighted by Gasteiger charge is -2.14. The van der Waals surface area contributed by atoms with Gasteiger partial charge in [-0.05, 0) is 70.5 Å². The van der Waals surface area contributed by atoms with Gasteiger partial charge in [0, 0.05) is 4.47 Å². The van der Waals surface area contributed by atoms with Crippen LogP contribution in [0.3, 0.4) is 0 Å². The van der Waals surface area contributed by atoms with Crippen molar-refractivity contribution >= 4 is 56.6 Å². The molecule has 1 heterocycles. The van der Waals surface area contributed by atoms with Crippen molar-refractivity contribution in [2.75, 3.05) is 4.90 Å². The van der Waals surface area contributed by atoms with Crippen molar-refractivity contribution < 1.29 is 24.2 Å². The van der Waals surface area contributed by atoms with Crippen molar-refractivity contribution in [3.05, 3.63) is 63.5 Å². The molecule has 1 unspecified atom stereocenters. The van der Waals surface area contributed by atoms with Crippen molar-refractivity contribution in [1.29, 1.82) is 0 Å². The standard InChI is InChI=1S/C19H14BrNO5S/c1-11(18(23)24)26-13-6-4-5-12(9-13)10-16-17(22)21(19(25)27-16)15-8-3-2-7-14(15)20/h2-11H,1H3,(H,23,24)/b16-10+. The van der Waals surface area contributed by atoms with E-state index in [2.05, 4.69) is 15.9 Å². The van der Waals surface area contributed by atoms with Gasteiger partial charge in [-0.25, -0.2) is 9.69 Å². The second-order valence-corrected chi connectivity index (χ2v) is 7.49. The van der Waals surface area contributed by atoms with Crippen LogP contribution in [0.2, 0.25) is 0 Å². The van der Waals surface area contributed by atoms with Gasteiger partial charge in [-0.2, -0.15) is 0 Å². The van der Waals surface area contributed by atoms with Gasteiger partial charge in [-0.15, -0.1) is 0 Å². The van der Waals surface area contributed by atoms with Crippen molar-refractivity contribution in [2.24, 2.45) is 0 Å². The molecular formula is C19H14BrNO5S. The van der Waals surface area contributed by atoms with E-state index in [4.69, 9.17) is 9.84 Å². The van der Waals surface area contributed by atoms with E-state index in [0.29, 0.717) is 21.5 Å². The summed E-state index contributed by atoms with van der Waals surface area (Å²) in [6.07, 6.45) is 0.586. The highest BCUT2D eigenvalue weighted by molar-refractivity contribution is 9.10. The molecule has 27 heavy (non-hydrogen) atoms. The predicted molar refractivity (Wildman–Crippen MR) is 107 cm³/mol. The number of benzene rings is 2. The zero-order chi connectivity index (χ0) is 19.6. The fourth-order valence-electron chi connectivity index (χ4n) is 2.39. The van der Waals surface area contributed by atoms with Gasteiger partial charge in [0.2, 0.25) is 0 Å². The van der Waals surface area contributed by atoms with Crippen LogP contribution in [0.4, 0.5) is 10.5 Å². The third kappa shape index (κ3) is 4.23. The number of anilines is 1. The van der Waals surface area contributed by atoms with E-state index in [-0.39, 0.29) is 10.1 Å². The van der Waals surface area contributed by atoms with Crippen LogP contribution in [0.25, 0.3) is 6.08 Å². The molecule has 0 spiro atoms. The molecule has 1 fully saturated rings. The maximum absolute atomic E-state index is 12.7. The average Bonchev–Trinajstić information content (AvgIpc) is 2.89. The Hall–Kier alpha value is -2.58. The number of carbonyl (C=O) groups is 3. The molecular weight excluding hydrogens is 434 g/mol. The maximum Gasteiger partial charge on any atom is 0.344 e. The molecule has 1 aliphatic heterocycles. The lowest BCUT2D eigenvalue weighted by atomic mass is 10.2. The number of aliphatic carboxylic acids is 1. The van der Waals surface area contributed by atoms with Crippen LogP contribution in [0.5, 0.6) is 5.75 Å². The minimum Gasteiger partial charge on any atom is -0.479 e. The highest BCUT2D eigenvalue weighted by Gasteiger charge is 2.37. The van der Waals surface area contributed by atoms with Crippen LogP contribution < -0.4 is 9.64 Å². The number of carboxylic acid groups (broad SMARTS) is 1. The minimum atomic E-state index is -1.07. The van der Waals surface area contributed by atoms with Gasteiger partial charge in [-0.3, -0.25) is 9.59 Å². The maximum atomic E-state index is 12.7. The summed E-state index contributed by atoms with van der Waals surface area (Å²) in [5.41, 5.74) is 1.11. The van der Waals surface area contributed by atoms with Gasteiger partial charge in [-0.1, -0.05) is 24.3 Å². The van der Waals surface area contributed by atoms with E-state index in [0.717, 1.165) is 16.7 Å². The lowest BCUT2D eigenvalue weighted by molar-refractivity contribution is -0.144. The molecule has 2 aromatic rings. The van der Waals surface area contributed by atoms with Gasteiger partial charge >= 0.3 is 5.97 Å². The predicted octanol–water partition coefficient (Wildman–Crippen LogP) is 4.54. The zero-order valence-corrected chi connectivity index (χ0v) is 16.5. The summed E-state index contributed by atoms with van der Waals surface area (Å²) < 4.78 is 5.98. The summed E-state index contributed by atoms with van der Waals surface area (Å²) in [6.45, 7) is 1.43. The molecule has 0 bridgehead atoms. The lowest BCUT2D eigenvalue weighted by Crippen LogP contribution is -2.27. The van der Waals surface area contributed by atoms with Crippen LogP contribution in [0, 0.1) is 0 Å². The van der Waals surface area contributed by atoms with Crippen molar-refractivity contribution in [3.8, 4) is 5.75 Å². The Kier molecular flexibility index (Phi) is 5.67. The van der Waals surface area contributed by atoms with Gasteiger partial charge in [0.15, 0.2) is 6.10 Å². The van der Waals surface area contributed by atoms with E-state index < -0.39 is 18.0 Å². The molecule has 0 aromatic heterocycles. The molecule has 0 saturated carbocycles. The van der Waals surface area contributed by atoms with Crippen LogP contribution in [0.15, 0.2) is 57.9 Å². The van der Waals surface area contributed by atoms with Crippen molar-refractivity contribution in [2.45, 2.75) is 13.0 Å². The molecule has 1 aliphatic rings. The van der Waals surface area contributed by atoms with Gasteiger partial charge < -0.3 is 9.84 Å². The second kappa shape index (κ2) is 7.98. The number of rotatable bonds is 5. The molecule has 0 aliphatic carbocycles. The van der Waals surface area contributed by atoms with Crippen LogP contribution in [-0.4, -0.2) is 28.3 Å². The first-order valence-electron chi connectivity index (χ1n) is 7.89. The molecule has 2 amide bonds. The second-order valence-electron chi connectivity index (χ2n) is 5.64. The molecule has 3 rings (SSSR count). The number of nitrogens with zero attached hydrogens (tertiary/aromatic N) is 1. The fraction of sp³-hybridized carbons (Fsp3) is 0.105. The Labute approximate surface area is 167 Å². The van der Waals surface area contributed by atoms with Gasteiger partial charge in [0.05, 0.1) is 10.6 Å². The molecule has 2 aromatic carbocycles. The first kappa shape index (κ1) is 19.2. The number of ether oxygens (including phenoxy) is 1. The van der Waals surface area contributed by atoms with Gasteiger partial charge in [0.25, 0.3) is 11.1 Å². The normalized spacial score (nSPS) is 16.7. The topological polar surface area (TPSA) is 83.9 Å². The van der Waals surface area contributed by atoms with E-state index in [9.17, 15) is 14.4 Å². The smallest absolute Gasteiger partial charge is 0.344 e. The number of thioether (sulfide) groups is 1. The third-order valence-corrected chi connectivity index (χ3v) is 5.24. The Morgan fingerprint density at radius 2 is 1.96 bits per heavy atom. The summed E-state index contributed by atoms with van der Waals surface area (Å²) in [6, 6.07) is 13.7. The Morgan fingerprint density at radius 3 is 2.67 bits per heavy atom. The molecule has 1 atom stereocenters. The van der Waals surface area contributed by atoms with Crippen LogP contribution in [-0.2, 0) is 9.59 Å². The monoisotopic (exact) mass is 447 g/mol. The van der Waals surface area contributed by atoms with E-state index in [1.807, 2.05) is 0 Å². The number of halogens is 1. The Bertz CT molecular complexity index is 959. The molecule has 8 heteroatoms. The summed E-state index contributed by atoms with van der Waals surface area (Å²) in [7, 11) is 0. The average molecular weight is 448 g/mol. The van der Waals surface area contributed by atoms with Crippen LogP contribution >= 0.6 is 27.7 Å². The van der Waals surface area contributed by atoms with Crippen molar-refractivity contribution in [1.82, 2.24) is 0 Å². The number of hydrogen-bond acceptors (Lipinski definition) is 5. The number of imide groups is 1. The number of hydrogen-bond donors (Lipinski definition) is 1. The quantitative estimate of drug-likeness (QED) is 0.677. The Morgan fingerprint density at radius 1 is 1.22 bits per heavy atom. The number of para-hydroxylation sites is 1. The number of carbonyl (C=O) groups excluding carboxylic acids is 2. The molecule has 1 N–H and O–H groups in total. The zero-order valence-electron chi connectivity index (χ0n) is 14.1. The minimum absolute atomic E-state index is 0.277. The summed E-state index contributed by atoms with van der Waals surface area (Å²) in [5, 5.41) is 8.55. The summed E-state index contributed by atoms with van der Waals surface area (Å²) in [5.74, 6) is -1.12. The number of carboxylic acids is 1. The fourth-order valence-corrected chi connectivity index (χ4v) is 3.69. The molecule has 138 valence electrons. The van der Waals surface area contributed by atoms with E-state index in [1.165, 1.54) is 6.92 Å². The van der Waals surface area contributed by atoms with E-state index >= 15 is 0 Å². The first-order chi connectivity index (χ1) is 12.9. The van der Waals surface area contributed by atoms with Gasteiger partial charge in [0.1, 0.15) is 5.75 Å². The van der Waals surface area contributed by atoms with Crippen molar-refractivity contribution in [3.63, 3.8) is 0 Å². The number of amides is 2. The van der Waals surface area contributed by atoms with Crippen LogP contribution in [0.1, 0.15) is 12.5 Å². The summed E-state index contributed by atoms with van der Waals surface area (Å²) in [4.78, 5) is 37.4. The molecule has 1 saturated heterocycles. The first-order valence-corrected chi connectivity index (χ1v) is 9.50. The summed E-state index contributed by atoms with van der Waals surface area (Å²) >= 11 is 4.20. The Balaban J connectivity index is 1.86. The highest BCUT2D eigenvalue weighted by atomic mass is 79.9. The molecule has 6 nitrogen and oxygen atoms in total. The van der Waals surface area contributed by atoms with E-state index in [1.54, 1.807) is 54.6 Å². The SMILES string of the molecule is CC(Oc1cccc(/C=C2/SC(=O)N(c3ccccc3Br)C2=O)c1)C(=O)O. The largest absolute Gasteiger partial charge is 0.479 e. The highest BCUT2D eigenvalue weighted by Crippen LogP contribution is 2.38.